The van der Waals surface area contributed by atoms with Crippen LogP contribution in [0.5, 0.6) is 11.5 Å². The first-order valence-electron chi connectivity index (χ1n) is 7.68. The van der Waals surface area contributed by atoms with Gasteiger partial charge in [-0.3, -0.25) is 9.59 Å². The van der Waals surface area contributed by atoms with Crippen LogP contribution in [0.25, 0.3) is 0 Å². The molecule has 2 amide bonds. The second-order valence-electron chi connectivity index (χ2n) is 5.29. The average Bonchev–Trinajstić information content (AvgIpc) is 2.91. The summed E-state index contributed by atoms with van der Waals surface area (Å²) in [5.41, 5.74) is 0.483. The Hall–Kier alpha value is -3.61. The van der Waals surface area contributed by atoms with Crippen molar-refractivity contribution in [2.24, 2.45) is 0 Å². The van der Waals surface area contributed by atoms with E-state index in [1.807, 2.05) is 0 Å². The maximum atomic E-state index is 12.4. The van der Waals surface area contributed by atoms with Crippen LogP contribution >= 0.6 is 0 Å². The molecule has 1 aliphatic heterocycles. The number of imide groups is 1. The Balaban J connectivity index is 1.80. The SMILES string of the molecule is C=CCOc1ccc(C(=O)ON2C(=O)c3ccccc3C2=O)cc1OC. The number of carbonyl (C=O) groups excluding carboxylic acids is 3. The topological polar surface area (TPSA) is 82.1 Å². The molecule has 0 fully saturated rings. The van der Waals surface area contributed by atoms with Gasteiger partial charge in [0.1, 0.15) is 6.61 Å². The van der Waals surface area contributed by atoms with Gasteiger partial charge in [0.15, 0.2) is 11.5 Å². The van der Waals surface area contributed by atoms with Crippen LogP contribution in [-0.4, -0.2) is 36.6 Å². The first kappa shape index (κ1) is 17.2. The fourth-order valence-electron chi connectivity index (χ4n) is 2.45. The number of ether oxygens (including phenoxy) is 2. The number of amides is 2. The molecule has 0 radical (unpaired) electrons. The lowest BCUT2D eigenvalue weighted by molar-refractivity contribution is -0.0584. The van der Waals surface area contributed by atoms with Gasteiger partial charge in [-0.05, 0) is 30.3 Å². The summed E-state index contributed by atoms with van der Waals surface area (Å²) >= 11 is 0. The normalized spacial score (nSPS) is 12.6. The van der Waals surface area contributed by atoms with E-state index in [9.17, 15) is 14.4 Å². The van der Waals surface area contributed by atoms with E-state index in [1.165, 1.54) is 37.4 Å². The molecule has 1 aliphatic rings. The van der Waals surface area contributed by atoms with E-state index in [1.54, 1.807) is 18.2 Å². The molecule has 7 heteroatoms. The average molecular weight is 353 g/mol. The quantitative estimate of drug-likeness (QED) is 0.586. The van der Waals surface area contributed by atoms with E-state index in [4.69, 9.17) is 14.3 Å². The van der Waals surface area contributed by atoms with Crippen molar-refractivity contribution in [3.63, 3.8) is 0 Å². The summed E-state index contributed by atoms with van der Waals surface area (Å²) in [5.74, 6) is -1.50. The number of hydroxylamine groups is 2. The van der Waals surface area contributed by atoms with Crippen LogP contribution < -0.4 is 9.47 Å². The molecular formula is C19H15NO6. The Morgan fingerprint density at radius 1 is 1.08 bits per heavy atom. The molecule has 0 bridgehead atoms. The predicted octanol–water partition coefficient (Wildman–Crippen LogP) is 2.63. The molecule has 0 aliphatic carbocycles. The minimum absolute atomic E-state index is 0.101. The Morgan fingerprint density at radius 3 is 2.31 bits per heavy atom. The van der Waals surface area contributed by atoms with Crippen LogP contribution in [0, 0.1) is 0 Å². The molecule has 0 unspecified atom stereocenters. The second-order valence-corrected chi connectivity index (χ2v) is 5.29. The maximum absolute atomic E-state index is 12.4. The predicted molar refractivity (Wildman–Crippen MR) is 91.0 cm³/mol. The highest BCUT2D eigenvalue weighted by Crippen LogP contribution is 2.29. The smallest absolute Gasteiger partial charge is 0.364 e. The number of benzene rings is 2. The molecule has 0 N–H and O–H groups in total. The van der Waals surface area contributed by atoms with E-state index in [2.05, 4.69) is 6.58 Å². The van der Waals surface area contributed by atoms with Gasteiger partial charge in [-0.25, -0.2) is 4.79 Å². The number of hydrogen-bond donors (Lipinski definition) is 0. The molecular weight excluding hydrogens is 338 g/mol. The number of fused-ring (bicyclic) bond motifs is 1. The molecule has 0 saturated heterocycles. The van der Waals surface area contributed by atoms with Crippen LogP contribution in [0.1, 0.15) is 31.1 Å². The Bertz CT molecular complexity index is 870. The highest BCUT2D eigenvalue weighted by atomic mass is 16.7. The largest absolute Gasteiger partial charge is 0.493 e. The van der Waals surface area contributed by atoms with Crippen molar-refractivity contribution in [2.45, 2.75) is 0 Å². The lowest BCUT2D eigenvalue weighted by atomic mass is 10.1. The first-order valence-corrected chi connectivity index (χ1v) is 7.68. The first-order chi connectivity index (χ1) is 12.6. The molecule has 7 nitrogen and oxygen atoms in total. The third-order valence-electron chi connectivity index (χ3n) is 3.69. The molecule has 0 atom stereocenters. The van der Waals surface area contributed by atoms with Crippen molar-refractivity contribution in [1.82, 2.24) is 5.06 Å². The molecule has 0 aromatic heterocycles. The Kier molecular flexibility index (Phi) is 4.70. The lowest BCUT2D eigenvalue weighted by Gasteiger charge is -2.14. The van der Waals surface area contributed by atoms with Crippen molar-refractivity contribution >= 4 is 17.8 Å². The van der Waals surface area contributed by atoms with Gasteiger partial charge in [0, 0.05) is 0 Å². The zero-order valence-corrected chi connectivity index (χ0v) is 13.9. The fourth-order valence-corrected chi connectivity index (χ4v) is 2.45. The van der Waals surface area contributed by atoms with Gasteiger partial charge in [0.05, 0.1) is 23.8 Å². The summed E-state index contributed by atoms with van der Waals surface area (Å²) in [5, 5.41) is 0.460. The molecule has 132 valence electrons. The number of methoxy groups -OCH3 is 1. The number of hydrogen-bond acceptors (Lipinski definition) is 6. The Labute approximate surface area is 149 Å². The summed E-state index contributed by atoms with van der Waals surface area (Å²) in [6.07, 6.45) is 1.57. The monoisotopic (exact) mass is 353 g/mol. The zero-order valence-electron chi connectivity index (χ0n) is 13.9. The van der Waals surface area contributed by atoms with E-state index in [0.29, 0.717) is 16.6 Å². The van der Waals surface area contributed by atoms with Crippen LogP contribution in [0.2, 0.25) is 0 Å². The summed E-state index contributed by atoms with van der Waals surface area (Å²) in [7, 11) is 1.43. The van der Waals surface area contributed by atoms with Crippen LogP contribution in [-0.2, 0) is 4.84 Å². The van der Waals surface area contributed by atoms with Crippen LogP contribution in [0.4, 0.5) is 0 Å². The summed E-state index contributed by atoms with van der Waals surface area (Å²) < 4.78 is 10.6. The number of nitrogens with zero attached hydrogens (tertiary/aromatic N) is 1. The van der Waals surface area contributed by atoms with Gasteiger partial charge in [-0.15, -0.1) is 0 Å². The minimum atomic E-state index is -0.868. The van der Waals surface area contributed by atoms with Gasteiger partial charge < -0.3 is 14.3 Å². The van der Waals surface area contributed by atoms with Crippen molar-refractivity contribution in [3.05, 3.63) is 71.8 Å². The van der Waals surface area contributed by atoms with E-state index >= 15 is 0 Å². The fraction of sp³-hybridized carbons (Fsp3) is 0.105. The highest BCUT2D eigenvalue weighted by Gasteiger charge is 2.38. The zero-order chi connectivity index (χ0) is 18.7. The van der Waals surface area contributed by atoms with Gasteiger partial charge in [-0.1, -0.05) is 29.9 Å². The molecule has 0 spiro atoms. The van der Waals surface area contributed by atoms with Crippen molar-refractivity contribution in [3.8, 4) is 11.5 Å². The molecule has 2 aromatic carbocycles. The maximum Gasteiger partial charge on any atom is 0.364 e. The van der Waals surface area contributed by atoms with Gasteiger partial charge in [0.2, 0.25) is 0 Å². The van der Waals surface area contributed by atoms with Crippen molar-refractivity contribution in [2.75, 3.05) is 13.7 Å². The molecule has 1 heterocycles. The minimum Gasteiger partial charge on any atom is -0.493 e. The molecule has 26 heavy (non-hydrogen) atoms. The van der Waals surface area contributed by atoms with Crippen molar-refractivity contribution in [1.29, 1.82) is 0 Å². The third-order valence-corrected chi connectivity index (χ3v) is 3.69. The summed E-state index contributed by atoms with van der Waals surface area (Å²) in [6.45, 7) is 3.83. The highest BCUT2D eigenvalue weighted by molar-refractivity contribution is 6.21. The van der Waals surface area contributed by atoms with Crippen LogP contribution in [0.3, 0.4) is 0 Å². The standard InChI is InChI=1S/C19H15NO6/c1-3-10-25-15-9-8-12(11-16(15)24-2)19(23)26-20-17(21)13-6-4-5-7-14(13)18(20)22/h3-9,11H,1,10H2,2H3. The molecule has 2 aromatic rings. The summed E-state index contributed by atoms with van der Waals surface area (Å²) in [4.78, 5) is 41.8. The molecule has 0 saturated carbocycles. The van der Waals surface area contributed by atoms with E-state index in [0.717, 1.165) is 0 Å². The second kappa shape index (κ2) is 7.10. The van der Waals surface area contributed by atoms with E-state index < -0.39 is 17.8 Å². The van der Waals surface area contributed by atoms with E-state index in [-0.39, 0.29) is 23.3 Å². The third kappa shape index (κ3) is 3.02. The summed E-state index contributed by atoms with van der Waals surface area (Å²) in [6, 6.07) is 10.6. The van der Waals surface area contributed by atoms with Gasteiger partial charge in [-0.2, -0.15) is 0 Å². The Morgan fingerprint density at radius 2 is 1.73 bits per heavy atom. The number of carbonyl (C=O) groups is 3. The van der Waals surface area contributed by atoms with Crippen molar-refractivity contribution < 1.29 is 28.7 Å². The van der Waals surface area contributed by atoms with Gasteiger partial charge in [0.25, 0.3) is 11.8 Å². The number of rotatable bonds is 6. The van der Waals surface area contributed by atoms with Crippen LogP contribution in [0.15, 0.2) is 55.1 Å². The lowest BCUT2D eigenvalue weighted by Crippen LogP contribution is -2.32. The molecule has 3 rings (SSSR count). The van der Waals surface area contributed by atoms with Gasteiger partial charge >= 0.3 is 5.97 Å².